The molecule has 1 aromatic carbocycles. The number of rotatable bonds is 4. The van der Waals surface area contributed by atoms with Gasteiger partial charge in [-0.05, 0) is 69.8 Å². The number of aryl methyl sites for hydroxylation is 2. The summed E-state index contributed by atoms with van der Waals surface area (Å²) < 4.78 is 0. The summed E-state index contributed by atoms with van der Waals surface area (Å²) in [6, 6.07) is 6.85. The lowest BCUT2D eigenvalue weighted by atomic mass is 9.91. The van der Waals surface area contributed by atoms with Crippen molar-refractivity contribution < 1.29 is 4.79 Å². The Hall–Kier alpha value is -1.39. The molecule has 0 bridgehead atoms. The van der Waals surface area contributed by atoms with E-state index < -0.39 is 0 Å². The molecular formula is C17H27N3O. The highest BCUT2D eigenvalue weighted by Crippen LogP contribution is 2.21. The highest BCUT2D eigenvalue weighted by Gasteiger charge is 2.23. The molecule has 0 heterocycles. The van der Waals surface area contributed by atoms with Crippen LogP contribution >= 0.6 is 0 Å². The Bertz CT molecular complexity index is 493. The van der Waals surface area contributed by atoms with Crippen LogP contribution in [0.2, 0.25) is 0 Å². The van der Waals surface area contributed by atoms with Gasteiger partial charge in [0.1, 0.15) is 0 Å². The van der Waals surface area contributed by atoms with E-state index in [-0.39, 0.29) is 5.91 Å². The van der Waals surface area contributed by atoms with Crippen LogP contribution in [0.25, 0.3) is 0 Å². The lowest BCUT2D eigenvalue weighted by Crippen LogP contribution is -2.42. The van der Waals surface area contributed by atoms with Crippen molar-refractivity contribution in [2.45, 2.75) is 51.6 Å². The number of amides is 1. The number of anilines is 1. The molecule has 21 heavy (non-hydrogen) atoms. The van der Waals surface area contributed by atoms with E-state index in [9.17, 15) is 4.79 Å². The van der Waals surface area contributed by atoms with Gasteiger partial charge in [-0.1, -0.05) is 6.07 Å². The Morgan fingerprint density at radius 3 is 2.52 bits per heavy atom. The van der Waals surface area contributed by atoms with Crippen LogP contribution in [0.15, 0.2) is 18.2 Å². The molecule has 4 nitrogen and oxygen atoms in total. The summed E-state index contributed by atoms with van der Waals surface area (Å²) in [6.07, 6.45) is 4.31. The number of hydrogen-bond acceptors (Lipinski definition) is 3. The van der Waals surface area contributed by atoms with Crippen LogP contribution in [0, 0.1) is 13.8 Å². The zero-order valence-electron chi connectivity index (χ0n) is 13.4. The Morgan fingerprint density at radius 1 is 1.24 bits per heavy atom. The third kappa shape index (κ3) is 4.55. The summed E-state index contributed by atoms with van der Waals surface area (Å²) in [4.78, 5) is 14.3. The normalized spacial score (nSPS) is 22.3. The van der Waals surface area contributed by atoms with Crippen LogP contribution in [0.5, 0.6) is 0 Å². The Kier molecular flexibility index (Phi) is 5.37. The summed E-state index contributed by atoms with van der Waals surface area (Å²) in [5.74, 6) is 0.0515. The van der Waals surface area contributed by atoms with E-state index in [4.69, 9.17) is 5.73 Å². The van der Waals surface area contributed by atoms with Crippen LogP contribution in [-0.4, -0.2) is 36.5 Å². The molecule has 0 radical (unpaired) electrons. The van der Waals surface area contributed by atoms with Crippen LogP contribution < -0.4 is 11.1 Å². The number of nitrogens with two attached hydrogens (primary N) is 1. The number of hydrogen-bond donors (Lipinski definition) is 2. The first-order chi connectivity index (χ1) is 9.95. The van der Waals surface area contributed by atoms with E-state index in [0.717, 1.165) is 31.4 Å². The van der Waals surface area contributed by atoms with Crippen molar-refractivity contribution in [3.05, 3.63) is 29.3 Å². The van der Waals surface area contributed by atoms with Crippen LogP contribution in [0.1, 0.15) is 36.8 Å². The Morgan fingerprint density at radius 2 is 1.90 bits per heavy atom. The van der Waals surface area contributed by atoms with Crippen LogP contribution in [0.4, 0.5) is 5.69 Å². The maximum Gasteiger partial charge on any atom is 0.238 e. The van der Waals surface area contributed by atoms with Crippen molar-refractivity contribution >= 4 is 11.6 Å². The molecule has 1 aliphatic rings. The maximum absolute atomic E-state index is 12.1. The van der Waals surface area contributed by atoms with Crippen molar-refractivity contribution in [1.82, 2.24) is 4.90 Å². The smallest absolute Gasteiger partial charge is 0.238 e. The van der Waals surface area contributed by atoms with Gasteiger partial charge < -0.3 is 11.1 Å². The number of nitrogens with zero attached hydrogens (tertiary/aromatic N) is 1. The topological polar surface area (TPSA) is 58.4 Å². The predicted molar refractivity (Wildman–Crippen MR) is 87.4 cm³/mol. The molecule has 3 N–H and O–H groups in total. The zero-order valence-corrected chi connectivity index (χ0v) is 13.4. The molecule has 0 saturated heterocycles. The van der Waals surface area contributed by atoms with Crippen molar-refractivity contribution in [1.29, 1.82) is 0 Å². The van der Waals surface area contributed by atoms with Crippen molar-refractivity contribution in [3.8, 4) is 0 Å². The van der Waals surface area contributed by atoms with E-state index >= 15 is 0 Å². The molecule has 4 heteroatoms. The van der Waals surface area contributed by atoms with E-state index in [0.29, 0.717) is 18.6 Å². The average molecular weight is 289 g/mol. The second-order valence-corrected chi connectivity index (χ2v) is 6.33. The Labute approximate surface area is 127 Å². The molecule has 1 aromatic rings. The van der Waals surface area contributed by atoms with Crippen LogP contribution in [0.3, 0.4) is 0 Å². The van der Waals surface area contributed by atoms with E-state index in [2.05, 4.69) is 24.1 Å². The second-order valence-electron chi connectivity index (χ2n) is 6.33. The third-order valence-electron chi connectivity index (χ3n) is 4.55. The molecule has 1 amide bonds. The molecule has 0 aliphatic heterocycles. The first-order valence-corrected chi connectivity index (χ1v) is 7.78. The number of carbonyl (C=O) groups excluding carboxylic acids is 1. The fraction of sp³-hybridized carbons (Fsp3) is 0.588. The van der Waals surface area contributed by atoms with E-state index in [1.165, 1.54) is 11.1 Å². The highest BCUT2D eigenvalue weighted by atomic mass is 16.2. The minimum atomic E-state index is 0.0515. The van der Waals surface area contributed by atoms with Gasteiger partial charge in [0.15, 0.2) is 0 Å². The largest absolute Gasteiger partial charge is 0.328 e. The molecule has 2 rings (SSSR count). The minimum Gasteiger partial charge on any atom is -0.328 e. The maximum atomic E-state index is 12.1. The Balaban J connectivity index is 1.84. The molecule has 0 aromatic heterocycles. The molecule has 116 valence electrons. The van der Waals surface area contributed by atoms with E-state index in [1.807, 2.05) is 25.2 Å². The van der Waals surface area contributed by atoms with Gasteiger partial charge in [0, 0.05) is 17.8 Å². The fourth-order valence-electron chi connectivity index (χ4n) is 2.92. The van der Waals surface area contributed by atoms with Crippen LogP contribution in [-0.2, 0) is 4.79 Å². The summed E-state index contributed by atoms with van der Waals surface area (Å²) in [5, 5.41) is 2.98. The fourth-order valence-corrected chi connectivity index (χ4v) is 2.92. The summed E-state index contributed by atoms with van der Waals surface area (Å²) in [7, 11) is 2.03. The average Bonchev–Trinajstić information content (AvgIpc) is 2.43. The second kappa shape index (κ2) is 7.05. The zero-order chi connectivity index (χ0) is 15.4. The predicted octanol–water partition coefficient (Wildman–Crippen LogP) is 2.44. The first kappa shape index (κ1) is 16.0. The number of nitrogens with one attached hydrogen (secondary N) is 1. The quantitative estimate of drug-likeness (QED) is 0.895. The van der Waals surface area contributed by atoms with Gasteiger partial charge >= 0.3 is 0 Å². The lowest BCUT2D eigenvalue weighted by molar-refractivity contribution is -0.117. The first-order valence-electron chi connectivity index (χ1n) is 7.78. The lowest BCUT2D eigenvalue weighted by Gasteiger charge is -2.33. The third-order valence-corrected chi connectivity index (χ3v) is 4.55. The molecule has 0 atom stereocenters. The molecular weight excluding hydrogens is 262 g/mol. The van der Waals surface area contributed by atoms with Gasteiger partial charge in [-0.3, -0.25) is 9.69 Å². The van der Waals surface area contributed by atoms with Gasteiger partial charge in [-0.2, -0.15) is 0 Å². The molecule has 0 spiro atoms. The SMILES string of the molecule is Cc1ccc(NC(=O)CN(C)C2CCC(N)CC2)cc1C. The van der Waals surface area contributed by atoms with Crippen molar-refractivity contribution in [3.63, 3.8) is 0 Å². The minimum absolute atomic E-state index is 0.0515. The van der Waals surface area contributed by atoms with Crippen molar-refractivity contribution in [2.24, 2.45) is 5.73 Å². The summed E-state index contributed by atoms with van der Waals surface area (Å²) in [6.45, 7) is 4.57. The summed E-state index contributed by atoms with van der Waals surface area (Å²) >= 11 is 0. The van der Waals surface area contributed by atoms with Gasteiger partial charge in [-0.15, -0.1) is 0 Å². The van der Waals surface area contributed by atoms with Gasteiger partial charge in [-0.25, -0.2) is 0 Å². The number of carbonyl (C=O) groups is 1. The monoisotopic (exact) mass is 289 g/mol. The van der Waals surface area contributed by atoms with E-state index in [1.54, 1.807) is 0 Å². The van der Waals surface area contributed by atoms with Gasteiger partial charge in [0.05, 0.1) is 6.54 Å². The standard InChI is InChI=1S/C17H27N3O/c1-12-4-7-15(10-13(12)2)19-17(21)11-20(3)16-8-5-14(18)6-9-16/h4,7,10,14,16H,5-6,8-9,11,18H2,1-3H3,(H,19,21). The van der Waals surface area contributed by atoms with Gasteiger partial charge in [0.2, 0.25) is 5.91 Å². The molecule has 1 aliphatic carbocycles. The summed E-state index contributed by atoms with van der Waals surface area (Å²) in [5.41, 5.74) is 9.24. The van der Waals surface area contributed by atoms with Crippen molar-refractivity contribution in [2.75, 3.05) is 18.9 Å². The molecule has 1 saturated carbocycles. The highest BCUT2D eigenvalue weighted by molar-refractivity contribution is 5.92. The number of likely N-dealkylation sites (N-methyl/N-ethyl adjacent to an activating group) is 1. The molecule has 0 unspecified atom stereocenters. The molecule has 1 fully saturated rings. The van der Waals surface area contributed by atoms with Gasteiger partial charge in [0.25, 0.3) is 0 Å². The number of benzene rings is 1.